The van der Waals surface area contributed by atoms with Crippen LogP contribution in [0.15, 0.2) is 40.9 Å². The summed E-state index contributed by atoms with van der Waals surface area (Å²) in [6.07, 6.45) is 0.471. The van der Waals surface area contributed by atoms with Gasteiger partial charge in [0.25, 0.3) is 0 Å². The number of ether oxygens (including phenoxy) is 1. The van der Waals surface area contributed by atoms with Crippen molar-refractivity contribution in [3.05, 3.63) is 64.8 Å². The third kappa shape index (κ3) is 3.30. The van der Waals surface area contributed by atoms with Gasteiger partial charge < -0.3 is 24.7 Å². The van der Waals surface area contributed by atoms with Crippen LogP contribution in [0.2, 0.25) is 0 Å². The summed E-state index contributed by atoms with van der Waals surface area (Å²) in [6, 6.07) is 11.4. The largest absolute Gasteiger partial charge is 0.496 e. The molecule has 3 N–H and O–H groups in total. The van der Waals surface area contributed by atoms with Gasteiger partial charge in [-0.1, -0.05) is 29.4 Å². The average Bonchev–Trinajstić information content (AvgIpc) is 3.50. The minimum Gasteiger partial charge on any atom is -0.496 e. The van der Waals surface area contributed by atoms with Crippen LogP contribution in [0.4, 0.5) is 5.82 Å². The fraction of sp³-hybridized carbons (Fsp3) is 0.259. The Balaban J connectivity index is 1.55. The zero-order valence-corrected chi connectivity index (χ0v) is 20.3. The van der Waals surface area contributed by atoms with Crippen molar-refractivity contribution >= 4 is 33.7 Å². The highest BCUT2D eigenvalue weighted by atomic mass is 16.5. The van der Waals surface area contributed by atoms with Crippen LogP contribution in [0.5, 0.6) is 5.75 Å². The first-order chi connectivity index (χ1) is 17.4. The number of nitrogens with zero attached hydrogens (tertiary/aromatic N) is 3. The van der Waals surface area contributed by atoms with E-state index in [1.54, 1.807) is 7.11 Å². The number of H-pyrrole nitrogens is 1. The quantitative estimate of drug-likeness (QED) is 0.315. The van der Waals surface area contributed by atoms with Crippen molar-refractivity contribution < 1.29 is 19.2 Å². The first-order valence-electron chi connectivity index (χ1n) is 11.7. The van der Waals surface area contributed by atoms with E-state index in [0.717, 1.165) is 44.2 Å². The number of carbonyl (C=O) groups is 1. The number of methoxy groups -OCH3 is 1. The van der Waals surface area contributed by atoms with Gasteiger partial charge in [-0.25, -0.2) is 9.97 Å². The van der Waals surface area contributed by atoms with Crippen molar-refractivity contribution in [1.82, 2.24) is 20.1 Å². The van der Waals surface area contributed by atoms with Gasteiger partial charge in [0.15, 0.2) is 0 Å². The molecule has 0 bridgehead atoms. The highest BCUT2D eigenvalue weighted by Gasteiger charge is 2.38. The Kier molecular flexibility index (Phi) is 4.96. The van der Waals surface area contributed by atoms with Gasteiger partial charge in [0.1, 0.15) is 28.8 Å². The lowest BCUT2D eigenvalue weighted by atomic mass is 9.99. The standard InChI is InChI=1S/C27H25N5O4/c1-12-22(13(2)36-32-12)18-10-20-17(11-21(18)35-4)23-25(30-20)28-14(3)29-26(23)31-24-16-8-6-5-7-15(16)9-19(24)27(33)34/h5-8,10-11,19,24H,9H2,1-4H3,(H,33,34)(H2,28,29,30,31)/t19-,24+/m0/s1. The van der Waals surface area contributed by atoms with Gasteiger partial charge in [0.2, 0.25) is 0 Å². The van der Waals surface area contributed by atoms with Crippen molar-refractivity contribution in [3.63, 3.8) is 0 Å². The Labute approximate surface area is 206 Å². The van der Waals surface area contributed by atoms with E-state index < -0.39 is 17.9 Å². The Hall–Kier alpha value is -4.40. The second-order valence-corrected chi connectivity index (χ2v) is 9.23. The molecule has 0 unspecified atom stereocenters. The molecular formula is C27H25N5O4. The number of aliphatic carboxylic acids is 1. The smallest absolute Gasteiger partial charge is 0.309 e. The summed E-state index contributed by atoms with van der Waals surface area (Å²) in [5, 5.41) is 19.2. The molecule has 3 aromatic heterocycles. The average molecular weight is 484 g/mol. The van der Waals surface area contributed by atoms with Crippen LogP contribution in [-0.4, -0.2) is 38.3 Å². The SMILES string of the molecule is COc1cc2c(cc1-c1c(C)noc1C)[nH]c1nc(C)nc(N[C@@H]3c4ccccc4C[C@@H]3C(=O)O)c12. The maximum atomic E-state index is 12.1. The molecule has 5 aromatic rings. The molecule has 0 saturated heterocycles. The molecule has 2 atom stereocenters. The van der Waals surface area contributed by atoms with E-state index in [9.17, 15) is 9.90 Å². The van der Waals surface area contributed by atoms with Gasteiger partial charge in [-0.15, -0.1) is 0 Å². The predicted molar refractivity (Wildman–Crippen MR) is 135 cm³/mol. The monoisotopic (exact) mass is 483 g/mol. The van der Waals surface area contributed by atoms with Crippen LogP contribution in [0.3, 0.4) is 0 Å². The molecule has 0 aliphatic heterocycles. The Bertz CT molecular complexity index is 1650. The topological polar surface area (TPSA) is 126 Å². The molecular weight excluding hydrogens is 458 g/mol. The third-order valence-electron chi connectivity index (χ3n) is 7.03. The fourth-order valence-corrected chi connectivity index (χ4v) is 5.42. The van der Waals surface area contributed by atoms with Crippen LogP contribution in [0.1, 0.15) is 34.4 Å². The van der Waals surface area contributed by atoms with Crippen LogP contribution in [-0.2, 0) is 11.2 Å². The van der Waals surface area contributed by atoms with Crippen LogP contribution < -0.4 is 10.1 Å². The summed E-state index contributed by atoms with van der Waals surface area (Å²) in [4.78, 5) is 24.9. The maximum absolute atomic E-state index is 12.1. The fourth-order valence-electron chi connectivity index (χ4n) is 5.42. The summed E-state index contributed by atoms with van der Waals surface area (Å²) in [6.45, 7) is 5.60. The number of aryl methyl sites for hydroxylation is 3. The normalized spacial score (nSPS) is 17.0. The number of carboxylic acids is 1. The number of hydrogen-bond donors (Lipinski definition) is 3. The molecule has 0 radical (unpaired) electrons. The zero-order chi connectivity index (χ0) is 25.1. The van der Waals surface area contributed by atoms with Crippen molar-refractivity contribution in [3.8, 4) is 16.9 Å². The lowest BCUT2D eigenvalue weighted by Crippen LogP contribution is -2.24. The molecule has 3 heterocycles. The highest BCUT2D eigenvalue weighted by Crippen LogP contribution is 2.43. The summed E-state index contributed by atoms with van der Waals surface area (Å²) in [5.41, 5.74) is 6.06. The minimum atomic E-state index is -0.838. The molecule has 36 heavy (non-hydrogen) atoms. The van der Waals surface area contributed by atoms with Crippen molar-refractivity contribution in [2.24, 2.45) is 5.92 Å². The number of nitrogens with one attached hydrogen (secondary N) is 2. The van der Waals surface area contributed by atoms with E-state index in [1.807, 2.05) is 57.2 Å². The number of aromatic amines is 1. The zero-order valence-electron chi connectivity index (χ0n) is 20.3. The number of aromatic nitrogens is 4. The van der Waals surface area contributed by atoms with Gasteiger partial charge in [-0.2, -0.15) is 0 Å². The number of rotatable bonds is 5. The number of carboxylic acid groups (broad SMARTS) is 1. The first-order valence-corrected chi connectivity index (χ1v) is 11.7. The number of fused-ring (bicyclic) bond motifs is 4. The Morgan fingerprint density at radius 3 is 2.72 bits per heavy atom. The second kappa shape index (κ2) is 8.08. The summed E-state index contributed by atoms with van der Waals surface area (Å²) < 4.78 is 11.2. The van der Waals surface area contributed by atoms with E-state index in [4.69, 9.17) is 14.2 Å². The Morgan fingerprint density at radius 2 is 2.00 bits per heavy atom. The molecule has 9 nitrogen and oxygen atoms in total. The Morgan fingerprint density at radius 1 is 1.19 bits per heavy atom. The van der Waals surface area contributed by atoms with E-state index in [1.165, 1.54) is 0 Å². The van der Waals surface area contributed by atoms with E-state index in [2.05, 4.69) is 20.4 Å². The lowest BCUT2D eigenvalue weighted by molar-refractivity contribution is -0.141. The molecule has 0 amide bonds. The number of anilines is 1. The number of hydrogen-bond acceptors (Lipinski definition) is 7. The number of benzene rings is 2. The van der Waals surface area contributed by atoms with Gasteiger partial charge in [0.05, 0.1) is 35.7 Å². The summed E-state index contributed by atoms with van der Waals surface area (Å²) in [7, 11) is 1.63. The minimum absolute atomic E-state index is 0.412. The molecule has 182 valence electrons. The first kappa shape index (κ1) is 22.1. The van der Waals surface area contributed by atoms with E-state index in [0.29, 0.717) is 35.2 Å². The van der Waals surface area contributed by atoms with Gasteiger partial charge in [-0.3, -0.25) is 4.79 Å². The van der Waals surface area contributed by atoms with Crippen molar-refractivity contribution in [1.29, 1.82) is 0 Å². The van der Waals surface area contributed by atoms with Crippen LogP contribution >= 0.6 is 0 Å². The molecule has 1 aliphatic rings. The van der Waals surface area contributed by atoms with Gasteiger partial charge in [-0.05, 0) is 50.5 Å². The molecule has 0 fully saturated rings. The summed E-state index contributed by atoms with van der Waals surface area (Å²) in [5.74, 6) is 1.10. The molecule has 6 rings (SSSR count). The van der Waals surface area contributed by atoms with E-state index >= 15 is 0 Å². The molecule has 1 aliphatic carbocycles. The van der Waals surface area contributed by atoms with Crippen molar-refractivity contribution in [2.45, 2.75) is 33.2 Å². The molecule has 0 spiro atoms. The molecule has 9 heteroatoms. The van der Waals surface area contributed by atoms with Crippen LogP contribution in [0, 0.1) is 26.7 Å². The van der Waals surface area contributed by atoms with E-state index in [-0.39, 0.29) is 0 Å². The third-order valence-corrected chi connectivity index (χ3v) is 7.03. The lowest BCUT2D eigenvalue weighted by Gasteiger charge is -2.20. The van der Waals surface area contributed by atoms with Gasteiger partial charge in [0, 0.05) is 16.5 Å². The molecule has 2 aromatic carbocycles. The highest BCUT2D eigenvalue weighted by molar-refractivity contribution is 6.13. The maximum Gasteiger partial charge on any atom is 0.309 e. The second-order valence-electron chi connectivity index (χ2n) is 9.23. The summed E-state index contributed by atoms with van der Waals surface area (Å²) >= 11 is 0. The van der Waals surface area contributed by atoms with Crippen molar-refractivity contribution in [2.75, 3.05) is 12.4 Å². The molecule has 0 saturated carbocycles. The predicted octanol–water partition coefficient (Wildman–Crippen LogP) is 5.11. The van der Waals surface area contributed by atoms with Crippen LogP contribution in [0.25, 0.3) is 33.1 Å². The van der Waals surface area contributed by atoms with Gasteiger partial charge >= 0.3 is 5.97 Å².